The molecule has 0 spiro atoms. The number of rotatable bonds is 7. The predicted octanol–water partition coefficient (Wildman–Crippen LogP) is 6.01. The molecule has 2 saturated heterocycles. The standard InChI is InChI=1S/C28H30Cl2FN5O2/c1-17(24-21(29)9-10-22(31)25(24)30)38-27-26(32)33-15-23(34-27)18-6-4-7-19(14-18)28(37)36-13-5-8-20(36)16-35-11-2-3-12-35/h4,6-7,9-10,14-15,17,20H,2-3,5,8,11-13,16H2,1H3,(H2,32,33). The Bertz CT molecular complexity index is 1330. The number of hydrogen-bond donors (Lipinski definition) is 1. The summed E-state index contributed by atoms with van der Waals surface area (Å²) in [5.74, 6) is -0.444. The number of nitrogens with zero attached hydrogens (tertiary/aromatic N) is 4. The number of aromatic nitrogens is 2. The maximum atomic E-state index is 14.0. The van der Waals surface area contributed by atoms with Gasteiger partial charge < -0.3 is 20.3 Å². The zero-order valence-corrected chi connectivity index (χ0v) is 22.7. The molecule has 7 nitrogen and oxygen atoms in total. The summed E-state index contributed by atoms with van der Waals surface area (Å²) in [4.78, 5) is 26.8. The number of nitrogen functional groups attached to an aromatic ring is 1. The predicted molar refractivity (Wildman–Crippen MR) is 147 cm³/mol. The molecule has 2 N–H and O–H groups in total. The second-order valence-electron chi connectivity index (χ2n) is 9.85. The van der Waals surface area contributed by atoms with Crippen LogP contribution in [0.25, 0.3) is 11.3 Å². The monoisotopic (exact) mass is 557 g/mol. The lowest BCUT2D eigenvalue weighted by molar-refractivity contribution is 0.0709. The van der Waals surface area contributed by atoms with Crippen LogP contribution in [0.1, 0.15) is 54.6 Å². The van der Waals surface area contributed by atoms with Crippen LogP contribution < -0.4 is 10.5 Å². The molecule has 200 valence electrons. The molecule has 2 unspecified atom stereocenters. The van der Waals surface area contributed by atoms with Crippen molar-refractivity contribution in [2.45, 2.75) is 44.8 Å². The molecule has 2 aliphatic heterocycles. The summed E-state index contributed by atoms with van der Waals surface area (Å²) in [5.41, 5.74) is 8.13. The van der Waals surface area contributed by atoms with Crippen molar-refractivity contribution in [2.24, 2.45) is 0 Å². The van der Waals surface area contributed by atoms with E-state index in [0.29, 0.717) is 22.4 Å². The number of halogens is 3. The van der Waals surface area contributed by atoms with Gasteiger partial charge in [0, 0.05) is 40.8 Å². The number of nitrogens with two attached hydrogens (primary N) is 1. The van der Waals surface area contributed by atoms with Crippen molar-refractivity contribution in [1.29, 1.82) is 0 Å². The minimum atomic E-state index is -0.742. The molecule has 3 aromatic rings. The quantitative estimate of drug-likeness (QED) is 0.358. The van der Waals surface area contributed by atoms with Gasteiger partial charge in [-0.2, -0.15) is 0 Å². The first-order valence-corrected chi connectivity index (χ1v) is 13.6. The lowest BCUT2D eigenvalue weighted by Gasteiger charge is -2.28. The number of carbonyl (C=O) groups is 1. The maximum absolute atomic E-state index is 14.0. The Kier molecular flexibility index (Phi) is 8.02. The summed E-state index contributed by atoms with van der Waals surface area (Å²) >= 11 is 12.4. The van der Waals surface area contributed by atoms with Gasteiger partial charge in [-0.25, -0.2) is 14.4 Å². The van der Waals surface area contributed by atoms with Crippen molar-refractivity contribution >= 4 is 34.9 Å². The minimum absolute atomic E-state index is 0.0254. The topological polar surface area (TPSA) is 84.6 Å². The number of ether oxygens (including phenoxy) is 1. The molecular formula is C28H30Cl2FN5O2. The average Bonchev–Trinajstić information content (AvgIpc) is 3.60. The zero-order chi connectivity index (χ0) is 26.8. The van der Waals surface area contributed by atoms with E-state index in [1.165, 1.54) is 31.2 Å². The van der Waals surface area contributed by atoms with Crippen LogP contribution in [0, 0.1) is 5.82 Å². The molecule has 0 saturated carbocycles. The van der Waals surface area contributed by atoms with Gasteiger partial charge in [0.05, 0.1) is 16.9 Å². The molecule has 5 rings (SSSR count). The summed E-state index contributed by atoms with van der Waals surface area (Å²) < 4.78 is 20.0. The van der Waals surface area contributed by atoms with Crippen LogP contribution in [0.5, 0.6) is 5.88 Å². The lowest BCUT2D eigenvalue weighted by Crippen LogP contribution is -2.42. The van der Waals surface area contributed by atoms with E-state index in [4.69, 9.17) is 33.7 Å². The SMILES string of the molecule is CC(Oc1nc(-c2cccc(C(=O)N3CCCC3CN3CCCC3)c2)cnc1N)c1c(Cl)ccc(F)c1Cl. The van der Waals surface area contributed by atoms with E-state index in [1.807, 2.05) is 29.2 Å². The summed E-state index contributed by atoms with van der Waals surface area (Å²) in [6.07, 6.45) is 5.31. The molecule has 2 aromatic carbocycles. The number of benzene rings is 2. The van der Waals surface area contributed by atoms with E-state index >= 15 is 0 Å². The van der Waals surface area contributed by atoms with Crippen molar-refractivity contribution < 1.29 is 13.9 Å². The Labute approximate surface area is 231 Å². The van der Waals surface area contributed by atoms with Crippen molar-refractivity contribution in [1.82, 2.24) is 19.8 Å². The Morgan fingerprint density at radius 1 is 1.18 bits per heavy atom. The number of hydrogen-bond acceptors (Lipinski definition) is 6. The van der Waals surface area contributed by atoms with E-state index < -0.39 is 11.9 Å². The highest BCUT2D eigenvalue weighted by molar-refractivity contribution is 6.36. The molecule has 2 aliphatic rings. The maximum Gasteiger partial charge on any atom is 0.258 e. The van der Waals surface area contributed by atoms with Crippen molar-refractivity contribution in [3.05, 3.63) is 69.6 Å². The average molecular weight is 558 g/mol. The molecule has 0 bridgehead atoms. The summed E-state index contributed by atoms with van der Waals surface area (Å²) in [5, 5.41) is 0.145. The van der Waals surface area contributed by atoms with Crippen LogP contribution in [-0.4, -0.2) is 57.9 Å². The third-order valence-electron chi connectivity index (χ3n) is 7.25. The molecule has 1 aromatic heterocycles. The third-order valence-corrected chi connectivity index (χ3v) is 7.97. The largest absolute Gasteiger partial charge is 0.467 e. The van der Waals surface area contributed by atoms with Crippen LogP contribution in [0.2, 0.25) is 10.0 Å². The number of likely N-dealkylation sites (tertiary alicyclic amines) is 2. The van der Waals surface area contributed by atoms with Crippen molar-refractivity contribution in [2.75, 3.05) is 31.9 Å². The number of amides is 1. The van der Waals surface area contributed by atoms with E-state index in [0.717, 1.165) is 39.0 Å². The fourth-order valence-corrected chi connectivity index (χ4v) is 5.96. The minimum Gasteiger partial charge on any atom is -0.467 e. The van der Waals surface area contributed by atoms with Gasteiger partial charge in [-0.1, -0.05) is 35.3 Å². The molecule has 0 aliphatic carbocycles. The molecule has 10 heteroatoms. The van der Waals surface area contributed by atoms with E-state index in [9.17, 15) is 9.18 Å². The van der Waals surface area contributed by atoms with Gasteiger partial charge in [-0.05, 0) is 70.0 Å². The van der Waals surface area contributed by atoms with Crippen LogP contribution in [0.3, 0.4) is 0 Å². The van der Waals surface area contributed by atoms with Crippen LogP contribution >= 0.6 is 23.2 Å². The molecular weight excluding hydrogens is 528 g/mol. The lowest BCUT2D eigenvalue weighted by atomic mass is 10.1. The Morgan fingerprint density at radius 3 is 2.76 bits per heavy atom. The molecule has 2 atom stereocenters. The second-order valence-corrected chi connectivity index (χ2v) is 10.6. The molecule has 1 amide bonds. The molecule has 38 heavy (non-hydrogen) atoms. The smallest absolute Gasteiger partial charge is 0.258 e. The fraction of sp³-hybridized carbons (Fsp3) is 0.393. The van der Waals surface area contributed by atoms with E-state index in [-0.39, 0.29) is 33.7 Å². The first-order chi connectivity index (χ1) is 18.3. The van der Waals surface area contributed by atoms with Gasteiger partial charge >= 0.3 is 0 Å². The fourth-order valence-electron chi connectivity index (χ4n) is 5.28. The van der Waals surface area contributed by atoms with Crippen molar-refractivity contribution in [3.8, 4) is 17.1 Å². The normalized spacial score (nSPS) is 18.6. The molecule has 3 heterocycles. The van der Waals surface area contributed by atoms with Gasteiger partial charge in [-0.3, -0.25) is 4.79 Å². The van der Waals surface area contributed by atoms with E-state index in [1.54, 1.807) is 6.92 Å². The highest BCUT2D eigenvalue weighted by Crippen LogP contribution is 2.36. The first-order valence-electron chi connectivity index (χ1n) is 12.9. The number of carbonyl (C=O) groups excluding carboxylic acids is 1. The van der Waals surface area contributed by atoms with Crippen molar-refractivity contribution in [3.63, 3.8) is 0 Å². The number of anilines is 1. The first kappa shape index (κ1) is 26.7. The summed E-state index contributed by atoms with van der Waals surface area (Å²) in [7, 11) is 0. The second kappa shape index (κ2) is 11.4. The van der Waals surface area contributed by atoms with Crippen LogP contribution in [0.15, 0.2) is 42.6 Å². The van der Waals surface area contributed by atoms with Gasteiger partial charge in [0.2, 0.25) is 0 Å². The van der Waals surface area contributed by atoms with Crippen LogP contribution in [-0.2, 0) is 0 Å². The van der Waals surface area contributed by atoms with Gasteiger partial charge in [-0.15, -0.1) is 0 Å². The van der Waals surface area contributed by atoms with Gasteiger partial charge in [0.15, 0.2) is 5.82 Å². The Hall–Kier alpha value is -2.94. The van der Waals surface area contributed by atoms with Crippen LogP contribution in [0.4, 0.5) is 10.2 Å². The van der Waals surface area contributed by atoms with E-state index in [2.05, 4.69) is 14.9 Å². The summed E-state index contributed by atoms with van der Waals surface area (Å²) in [6, 6.07) is 10.2. The highest BCUT2D eigenvalue weighted by atomic mass is 35.5. The Morgan fingerprint density at radius 2 is 1.97 bits per heavy atom. The Balaban J connectivity index is 1.36. The van der Waals surface area contributed by atoms with Gasteiger partial charge in [0.1, 0.15) is 11.9 Å². The highest BCUT2D eigenvalue weighted by Gasteiger charge is 2.31. The summed E-state index contributed by atoms with van der Waals surface area (Å²) in [6.45, 7) is 5.61. The third kappa shape index (κ3) is 5.58. The van der Waals surface area contributed by atoms with Gasteiger partial charge in [0.25, 0.3) is 11.8 Å². The molecule has 2 fully saturated rings. The molecule has 0 radical (unpaired) electrons. The zero-order valence-electron chi connectivity index (χ0n) is 21.2.